The van der Waals surface area contributed by atoms with E-state index in [-0.39, 0.29) is 6.02 Å². The minimum absolute atomic E-state index is 0.0291. The van der Waals surface area contributed by atoms with Crippen molar-refractivity contribution in [2.45, 2.75) is 0 Å². The molecule has 0 radical (unpaired) electrons. The Labute approximate surface area is 105 Å². The van der Waals surface area contributed by atoms with E-state index < -0.39 is 0 Å². The number of hydrogen-bond donors (Lipinski definition) is 2. The van der Waals surface area contributed by atoms with Crippen molar-refractivity contribution >= 4 is 23.3 Å². The average molecular weight is 247 g/mol. The lowest BCUT2D eigenvalue weighted by Crippen LogP contribution is -2.17. The van der Waals surface area contributed by atoms with Crippen LogP contribution in [0.2, 0.25) is 5.02 Å². The number of nitrogens with one attached hydrogen (secondary N) is 2. The Hall–Kier alpha value is -2.00. The summed E-state index contributed by atoms with van der Waals surface area (Å²) in [6.07, 6.45) is 0. The van der Waals surface area contributed by atoms with Crippen LogP contribution in [0.4, 0.5) is 5.69 Å². The Balaban J connectivity index is 1.96. The summed E-state index contributed by atoms with van der Waals surface area (Å²) in [6.45, 7) is 0. The van der Waals surface area contributed by atoms with Crippen LogP contribution in [0.1, 0.15) is 0 Å². The smallest absolute Gasteiger partial charge is 0.291 e. The summed E-state index contributed by atoms with van der Waals surface area (Å²) in [4.78, 5) is 0. The van der Waals surface area contributed by atoms with Gasteiger partial charge in [0.05, 0.1) is 0 Å². The number of para-hydroxylation sites is 1. The molecule has 0 saturated heterocycles. The van der Waals surface area contributed by atoms with Crippen molar-refractivity contribution in [3.05, 3.63) is 59.6 Å². The lowest BCUT2D eigenvalue weighted by Gasteiger charge is -2.08. The summed E-state index contributed by atoms with van der Waals surface area (Å²) in [7, 11) is 0. The number of amidine groups is 1. The molecule has 4 heteroatoms. The molecule has 0 saturated carbocycles. The highest BCUT2D eigenvalue weighted by molar-refractivity contribution is 6.30. The van der Waals surface area contributed by atoms with Crippen molar-refractivity contribution in [1.82, 2.24) is 0 Å². The monoisotopic (exact) mass is 246 g/mol. The third-order valence-corrected chi connectivity index (χ3v) is 2.32. The van der Waals surface area contributed by atoms with Crippen LogP contribution in [0.25, 0.3) is 0 Å². The van der Waals surface area contributed by atoms with Crippen molar-refractivity contribution in [2.24, 2.45) is 0 Å². The highest BCUT2D eigenvalue weighted by atomic mass is 35.5. The molecule has 0 aliphatic heterocycles. The summed E-state index contributed by atoms with van der Waals surface area (Å²) in [5.74, 6) is 0.624. The van der Waals surface area contributed by atoms with E-state index in [9.17, 15) is 0 Å². The molecule has 17 heavy (non-hydrogen) atoms. The van der Waals surface area contributed by atoms with Gasteiger partial charge >= 0.3 is 0 Å². The summed E-state index contributed by atoms with van der Waals surface area (Å²) < 4.78 is 5.29. The van der Waals surface area contributed by atoms with Gasteiger partial charge in [-0.25, -0.2) is 0 Å². The SMILES string of the molecule is N=C(Nc1ccc(Cl)cc1)Oc1ccccc1. The van der Waals surface area contributed by atoms with Gasteiger partial charge in [0.15, 0.2) is 0 Å². The number of benzene rings is 2. The van der Waals surface area contributed by atoms with E-state index in [4.69, 9.17) is 21.7 Å². The standard InChI is InChI=1S/C13H11ClN2O/c14-10-6-8-11(9-7-10)16-13(15)17-12-4-2-1-3-5-12/h1-9H,(H2,15,16). The van der Waals surface area contributed by atoms with Crippen LogP contribution in [-0.2, 0) is 0 Å². The Bertz CT molecular complexity index is 497. The van der Waals surface area contributed by atoms with Gasteiger partial charge in [0, 0.05) is 10.7 Å². The Kier molecular flexibility index (Phi) is 3.62. The van der Waals surface area contributed by atoms with Crippen LogP contribution in [-0.4, -0.2) is 6.02 Å². The number of hydrogen-bond acceptors (Lipinski definition) is 2. The van der Waals surface area contributed by atoms with Gasteiger partial charge in [0.2, 0.25) is 0 Å². The first-order valence-electron chi connectivity index (χ1n) is 5.08. The zero-order valence-electron chi connectivity index (χ0n) is 8.98. The van der Waals surface area contributed by atoms with E-state index in [1.165, 1.54) is 0 Å². The lowest BCUT2D eigenvalue weighted by molar-refractivity contribution is 0.544. The van der Waals surface area contributed by atoms with Gasteiger partial charge in [-0.1, -0.05) is 29.8 Å². The van der Waals surface area contributed by atoms with E-state index in [0.717, 1.165) is 5.69 Å². The predicted molar refractivity (Wildman–Crippen MR) is 69.9 cm³/mol. The topological polar surface area (TPSA) is 45.1 Å². The molecular weight excluding hydrogens is 236 g/mol. The first-order valence-corrected chi connectivity index (χ1v) is 5.46. The van der Waals surface area contributed by atoms with E-state index in [1.807, 2.05) is 18.2 Å². The predicted octanol–water partition coefficient (Wildman–Crippen LogP) is 3.77. The fraction of sp³-hybridized carbons (Fsp3) is 0. The second kappa shape index (κ2) is 5.37. The Morgan fingerprint density at radius 2 is 1.65 bits per heavy atom. The second-order valence-corrected chi connectivity index (χ2v) is 3.81. The first kappa shape index (κ1) is 11.5. The highest BCUT2D eigenvalue weighted by Crippen LogP contribution is 2.14. The van der Waals surface area contributed by atoms with Gasteiger partial charge in [-0.3, -0.25) is 5.41 Å². The molecule has 2 rings (SSSR count). The molecule has 2 N–H and O–H groups in total. The molecule has 3 nitrogen and oxygen atoms in total. The second-order valence-electron chi connectivity index (χ2n) is 3.38. The number of rotatable bonds is 2. The van der Waals surface area contributed by atoms with Crippen LogP contribution in [0.15, 0.2) is 54.6 Å². The molecule has 0 spiro atoms. The van der Waals surface area contributed by atoms with Gasteiger partial charge in [-0.2, -0.15) is 0 Å². The van der Waals surface area contributed by atoms with Crippen LogP contribution in [0.5, 0.6) is 5.75 Å². The molecule has 86 valence electrons. The normalized spacial score (nSPS) is 9.71. The summed E-state index contributed by atoms with van der Waals surface area (Å²) >= 11 is 5.77. The molecule has 0 fully saturated rings. The average Bonchev–Trinajstić information content (AvgIpc) is 2.33. The lowest BCUT2D eigenvalue weighted by atomic mass is 10.3. The van der Waals surface area contributed by atoms with Gasteiger partial charge in [0.25, 0.3) is 6.02 Å². The molecule has 0 amide bonds. The van der Waals surface area contributed by atoms with Gasteiger partial charge in [-0.05, 0) is 36.4 Å². The molecule has 0 aliphatic rings. The van der Waals surface area contributed by atoms with Gasteiger partial charge < -0.3 is 10.1 Å². The zero-order valence-corrected chi connectivity index (χ0v) is 9.74. The molecule has 2 aromatic rings. The molecule has 0 bridgehead atoms. The van der Waals surface area contributed by atoms with Gasteiger partial charge in [-0.15, -0.1) is 0 Å². The van der Waals surface area contributed by atoms with Crippen molar-refractivity contribution in [3.8, 4) is 5.75 Å². The maximum absolute atomic E-state index is 7.65. The molecular formula is C13H11ClN2O. The molecule has 0 heterocycles. The van der Waals surface area contributed by atoms with Crippen molar-refractivity contribution in [1.29, 1.82) is 5.41 Å². The molecule has 0 aliphatic carbocycles. The molecule has 0 aromatic heterocycles. The van der Waals surface area contributed by atoms with E-state index in [0.29, 0.717) is 10.8 Å². The van der Waals surface area contributed by atoms with Crippen molar-refractivity contribution in [3.63, 3.8) is 0 Å². The molecule has 0 atom stereocenters. The Morgan fingerprint density at radius 3 is 2.29 bits per heavy atom. The minimum Gasteiger partial charge on any atom is -0.426 e. The van der Waals surface area contributed by atoms with Crippen molar-refractivity contribution in [2.75, 3.05) is 5.32 Å². The maximum Gasteiger partial charge on any atom is 0.291 e. The quantitative estimate of drug-likeness (QED) is 0.626. The fourth-order valence-electron chi connectivity index (χ4n) is 1.30. The third-order valence-electron chi connectivity index (χ3n) is 2.07. The van der Waals surface area contributed by atoms with Gasteiger partial charge in [0.1, 0.15) is 5.75 Å². The van der Waals surface area contributed by atoms with Crippen LogP contribution >= 0.6 is 11.6 Å². The van der Waals surface area contributed by atoms with Crippen molar-refractivity contribution < 1.29 is 4.74 Å². The summed E-state index contributed by atoms with van der Waals surface area (Å²) in [5, 5.41) is 11.1. The zero-order chi connectivity index (χ0) is 12.1. The largest absolute Gasteiger partial charge is 0.426 e. The highest BCUT2D eigenvalue weighted by Gasteiger charge is 2.00. The van der Waals surface area contributed by atoms with Crippen LogP contribution in [0.3, 0.4) is 0 Å². The summed E-state index contributed by atoms with van der Waals surface area (Å²) in [6, 6.07) is 16.2. The minimum atomic E-state index is -0.0291. The summed E-state index contributed by atoms with van der Waals surface area (Å²) in [5.41, 5.74) is 0.760. The number of anilines is 1. The third kappa shape index (κ3) is 3.50. The Morgan fingerprint density at radius 1 is 1.00 bits per heavy atom. The fourth-order valence-corrected chi connectivity index (χ4v) is 1.42. The number of halogens is 1. The van der Waals surface area contributed by atoms with E-state index in [1.54, 1.807) is 36.4 Å². The molecule has 2 aromatic carbocycles. The van der Waals surface area contributed by atoms with E-state index >= 15 is 0 Å². The number of ether oxygens (including phenoxy) is 1. The van der Waals surface area contributed by atoms with E-state index in [2.05, 4.69) is 5.32 Å². The first-order chi connectivity index (χ1) is 8.24. The van der Waals surface area contributed by atoms with Crippen LogP contribution in [0, 0.1) is 5.41 Å². The maximum atomic E-state index is 7.65. The molecule has 0 unspecified atom stereocenters. The van der Waals surface area contributed by atoms with Crippen LogP contribution < -0.4 is 10.1 Å².